The van der Waals surface area contributed by atoms with Crippen LogP contribution in [0.25, 0.3) is 0 Å². The van der Waals surface area contributed by atoms with Crippen LogP contribution in [-0.4, -0.2) is 43.0 Å². The second kappa shape index (κ2) is 15.9. The largest absolute Gasteiger partial charge is 0.461 e. The molecule has 10 heteroatoms. The molecule has 206 valence electrons. The van der Waals surface area contributed by atoms with Crippen LogP contribution in [-0.2, 0) is 43.5 Å². The lowest BCUT2D eigenvalue weighted by atomic mass is 10.0. The van der Waals surface area contributed by atoms with Crippen LogP contribution in [0.15, 0.2) is 84.9 Å². The van der Waals surface area contributed by atoms with Crippen molar-refractivity contribution >= 4 is 23.9 Å². The van der Waals surface area contributed by atoms with E-state index in [0.29, 0.717) is 11.1 Å². The molecule has 0 fully saturated rings. The van der Waals surface area contributed by atoms with Gasteiger partial charge >= 0.3 is 12.1 Å². The average molecular weight is 543 g/mol. The highest BCUT2D eigenvalue weighted by atomic mass is 16.5. The fourth-order valence-electron chi connectivity index (χ4n) is 3.53. The number of carbonyl (C=O) groups is 4. The zero-order valence-electron chi connectivity index (χ0n) is 21.8. The van der Waals surface area contributed by atoms with E-state index in [-0.39, 0.29) is 39.1 Å². The Hall–Kier alpha value is -5.17. The fraction of sp³-hybridized carbons (Fsp3) is 0.233. The summed E-state index contributed by atoms with van der Waals surface area (Å²) in [5.41, 5.74) is 2.80. The van der Waals surface area contributed by atoms with Crippen molar-refractivity contribution < 1.29 is 28.7 Å². The minimum absolute atomic E-state index is 0.0219. The number of rotatable bonds is 13. The van der Waals surface area contributed by atoms with Gasteiger partial charge in [-0.25, -0.2) is 4.79 Å². The van der Waals surface area contributed by atoms with Crippen molar-refractivity contribution in [2.45, 2.75) is 32.1 Å². The van der Waals surface area contributed by atoms with Gasteiger partial charge in [0.1, 0.15) is 19.3 Å². The van der Waals surface area contributed by atoms with Crippen molar-refractivity contribution in [3.05, 3.63) is 107 Å². The zero-order chi connectivity index (χ0) is 28.6. The maximum Gasteiger partial charge on any atom is 0.408 e. The SMILES string of the molecule is N#Cc1ccc(CC(NC(=O)OCc2ccccc2)C(=O)NCC(=O)NCCC(=O)OCc2ccccc2)cc1. The molecule has 0 bridgehead atoms. The topological polar surface area (TPSA) is 147 Å². The lowest BCUT2D eigenvalue weighted by molar-refractivity contribution is -0.144. The minimum Gasteiger partial charge on any atom is -0.461 e. The van der Waals surface area contributed by atoms with Crippen molar-refractivity contribution in [3.8, 4) is 6.07 Å². The Labute approximate surface area is 232 Å². The first kappa shape index (κ1) is 29.4. The number of hydrogen-bond donors (Lipinski definition) is 3. The zero-order valence-corrected chi connectivity index (χ0v) is 21.8. The first-order valence-electron chi connectivity index (χ1n) is 12.6. The maximum atomic E-state index is 12.9. The van der Waals surface area contributed by atoms with Crippen molar-refractivity contribution in [1.82, 2.24) is 16.0 Å². The second-order valence-corrected chi connectivity index (χ2v) is 8.74. The van der Waals surface area contributed by atoms with Gasteiger partial charge in [-0.2, -0.15) is 5.26 Å². The van der Waals surface area contributed by atoms with E-state index in [1.54, 1.807) is 36.4 Å². The summed E-state index contributed by atoms with van der Waals surface area (Å²) >= 11 is 0. The van der Waals surface area contributed by atoms with E-state index in [0.717, 1.165) is 11.1 Å². The molecule has 0 aliphatic rings. The summed E-state index contributed by atoms with van der Waals surface area (Å²) in [6.45, 7) is -0.150. The molecule has 0 radical (unpaired) electrons. The van der Waals surface area contributed by atoms with Crippen LogP contribution in [0.1, 0.15) is 28.7 Å². The third-order valence-electron chi connectivity index (χ3n) is 5.66. The van der Waals surface area contributed by atoms with Gasteiger partial charge in [-0.1, -0.05) is 72.8 Å². The van der Waals surface area contributed by atoms with Gasteiger partial charge in [-0.3, -0.25) is 14.4 Å². The van der Waals surface area contributed by atoms with Crippen LogP contribution in [0.2, 0.25) is 0 Å². The van der Waals surface area contributed by atoms with E-state index in [9.17, 15) is 19.2 Å². The maximum absolute atomic E-state index is 12.9. The Morgan fingerprint density at radius 3 is 1.95 bits per heavy atom. The molecule has 0 saturated carbocycles. The molecule has 3 aromatic rings. The standard InChI is InChI=1S/C30H30N4O6/c31-18-23-13-11-22(12-14-23)17-26(34-30(38)40-21-25-9-5-2-6-10-25)29(37)33-19-27(35)32-16-15-28(36)39-20-24-7-3-1-4-8-24/h1-14,26H,15-17,19-21H2,(H,32,35)(H,33,37)(H,34,38). The number of carbonyl (C=O) groups excluding carboxylic acids is 4. The van der Waals surface area contributed by atoms with E-state index in [4.69, 9.17) is 14.7 Å². The van der Waals surface area contributed by atoms with Crippen LogP contribution in [0, 0.1) is 11.3 Å². The summed E-state index contributed by atoms with van der Waals surface area (Å²) in [5.74, 6) is -1.57. The molecular formula is C30H30N4O6. The summed E-state index contributed by atoms with van der Waals surface area (Å²) in [4.78, 5) is 49.4. The number of alkyl carbamates (subject to hydrolysis) is 1. The predicted octanol–water partition coefficient (Wildman–Crippen LogP) is 2.76. The van der Waals surface area contributed by atoms with E-state index in [1.807, 2.05) is 54.6 Å². The minimum atomic E-state index is -1.04. The van der Waals surface area contributed by atoms with Crippen LogP contribution >= 0.6 is 0 Å². The Bertz CT molecular complexity index is 1310. The van der Waals surface area contributed by atoms with Crippen LogP contribution < -0.4 is 16.0 Å². The first-order valence-corrected chi connectivity index (χ1v) is 12.6. The van der Waals surface area contributed by atoms with Crippen LogP contribution in [0.4, 0.5) is 4.79 Å². The molecule has 0 aliphatic heterocycles. The van der Waals surface area contributed by atoms with Crippen molar-refractivity contribution in [3.63, 3.8) is 0 Å². The predicted molar refractivity (Wildman–Crippen MR) is 145 cm³/mol. The molecule has 10 nitrogen and oxygen atoms in total. The van der Waals surface area contributed by atoms with Crippen LogP contribution in [0.3, 0.4) is 0 Å². The number of benzene rings is 3. The van der Waals surface area contributed by atoms with Gasteiger partial charge in [-0.05, 0) is 28.8 Å². The Balaban J connectivity index is 1.46. The van der Waals surface area contributed by atoms with E-state index >= 15 is 0 Å². The molecule has 0 heterocycles. The number of amides is 3. The third kappa shape index (κ3) is 10.7. The molecule has 3 aromatic carbocycles. The molecule has 0 saturated heterocycles. The quantitative estimate of drug-likeness (QED) is 0.282. The molecule has 3 amide bonds. The van der Waals surface area contributed by atoms with E-state index in [2.05, 4.69) is 16.0 Å². The normalized spacial score (nSPS) is 10.9. The summed E-state index contributed by atoms with van der Waals surface area (Å²) in [7, 11) is 0. The van der Waals surface area contributed by atoms with Gasteiger partial charge in [0, 0.05) is 13.0 Å². The van der Waals surface area contributed by atoms with E-state index in [1.165, 1.54) is 0 Å². The Kier molecular flexibility index (Phi) is 11.7. The van der Waals surface area contributed by atoms with E-state index < -0.39 is 29.9 Å². The molecule has 0 aromatic heterocycles. The summed E-state index contributed by atoms with van der Waals surface area (Å²) in [6, 6.07) is 25.9. The molecule has 3 rings (SSSR count). The highest BCUT2D eigenvalue weighted by Crippen LogP contribution is 2.08. The van der Waals surface area contributed by atoms with Crippen molar-refractivity contribution in [2.24, 2.45) is 0 Å². The van der Waals surface area contributed by atoms with Gasteiger partial charge < -0.3 is 25.4 Å². The molecule has 3 N–H and O–H groups in total. The number of esters is 1. The van der Waals surface area contributed by atoms with Crippen molar-refractivity contribution in [2.75, 3.05) is 13.1 Å². The van der Waals surface area contributed by atoms with Gasteiger partial charge in [0.05, 0.1) is 24.6 Å². The highest BCUT2D eigenvalue weighted by molar-refractivity contribution is 5.89. The van der Waals surface area contributed by atoms with Gasteiger partial charge in [0.25, 0.3) is 0 Å². The molecule has 1 unspecified atom stereocenters. The smallest absolute Gasteiger partial charge is 0.408 e. The third-order valence-corrected chi connectivity index (χ3v) is 5.66. The molecule has 40 heavy (non-hydrogen) atoms. The summed E-state index contributed by atoms with van der Waals surface area (Å²) in [6.07, 6.45) is -0.716. The van der Waals surface area contributed by atoms with Crippen molar-refractivity contribution in [1.29, 1.82) is 5.26 Å². The summed E-state index contributed by atoms with van der Waals surface area (Å²) < 4.78 is 10.4. The number of nitriles is 1. The number of ether oxygens (including phenoxy) is 2. The number of nitrogens with zero attached hydrogens (tertiary/aromatic N) is 1. The Morgan fingerprint density at radius 1 is 0.750 bits per heavy atom. The molecular weight excluding hydrogens is 512 g/mol. The highest BCUT2D eigenvalue weighted by Gasteiger charge is 2.23. The molecule has 1 atom stereocenters. The van der Waals surface area contributed by atoms with Crippen LogP contribution in [0.5, 0.6) is 0 Å². The average Bonchev–Trinajstić information content (AvgIpc) is 2.99. The monoisotopic (exact) mass is 542 g/mol. The summed E-state index contributed by atoms with van der Waals surface area (Å²) in [5, 5.41) is 16.6. The molecule has 0 aliphatic carbocycles. The lowest BCUT2D eigenvalue weighted by Gasteiger charge is -2.18. The number of hydrogen-bond acceptors (Lipinski definition) is 7. The molecule has 0 spiro atoms. The second-order valence-electron chi connectivity index (χ2n) is 8.74. The van der Waals surface area contributed by atoms with Gasteiger partial charge in [0.2, 0.25) is 11.8 Å². The first-order chi connectivity index (χ1) is 19.4. The lowest BCUT2D eigenvalue weighted by Crippen LogP contribution is -2.50. The van der Waals surface area contributed by atoms with Gasteiger partial charge in [0.15, 0.2) is 0 Å². The fourth-order valence-corrected chi connectivity index (χ4v) is 3.53. The number of nitrogens with one attached hydrogen (secondary N) is 3. The van der Waals surface area contributed by atoms with Gasteiger partial charge in [-0.15, -0.1) is 0 Å². The Morgan fingerprint density at radius 2 is 1.35 bits per heavy atom.